The Morgan fingerprint density at radius 2 is 2.30 bits per heavy atom. The van der Waals surface area contributed by atoms with Gasteiger partial charge in [0.2, 0.25) is 0 Å². The summed E-state index contributed by atoms with van der Waals surface area (Å²) in [6.07, 6.45) is 5.81. The number of amides is 1. The Balaban J connectivity index is 1.73. The molecule has 0 bridgehead atoms. The number of carbonyl (C=O) groups excluding carboxylic acids is 1. The van der Waals surface area contributed by atoms with Crippen molar-refractivity contribution in [1.29, 1.82) is 0 Å². The summed E-state index contributed by atoms with van der Waals surface area (Å²) in [6.45, 7) is 4.13. The van der Waals surface area contributed by atoms with Crippen molar-refractivity contribution in [3.05, 3.63) is 36.3 Å². The Kier molecular flexibility index (Phi) is 5.05. The molecule has 0 fully saturated rings. The maximum Gasteiger partial charge on any atom is 0.252 e. The lowest BCUT2D eigenvalue weighted by Gasteiger charge is -2.06. The third kappa shape index (κ3) is 4.04. The Bertz CT molecular complexity index is 522. The van der Waals surface area contributed by atoms with Crippen LogP contribution in [-0.2, 0) is 6.54 Å². The Morgan fingerprint density at radius 1 is 1.40 bits per heavy atom. The molecule has 2 heterocycles. The first-order valence-corrected chi connectivity index (χ1v) is 6.62. The smallest absolute Gasteiger partial charge is 0.252 e. The van der Waals surface area contributed by atoms with Gasteiger partial charge in [-0.2, -0.15) is 0 Å². The van der Waals surface area contributed by atoms with E-state index in [2.05, 4.69) is 25.9 Å². The highest BCUT2D eigenvalue weighted by Gasteiger charge is 2.05. The second-order valence-corrected chi connectivity index (χ2v) is 4.24. The van der Waals surface area contributed by atoms with Gasteiger partial charge in [-0.1, -0.05) is 5.21 Å². The van der Waals surface area contributed by atoms with E-state index in [0.29, 0.717) is 12.1 Å². The number of nitrogens with zero attached hydrogens (tertiary/aromatic N) is 4. The lowest BCUT2D eigenvalue weighted by atomic mass is 10.2. The minimum atomic E-state index is -0.112. The standard InChI is InChI=1S/C13H18N6O/c1-2-14-12-5-4-11(10-16-12)13(20)15-6-3-8-19-9-7-17-18-19/h4-5,7,9-10H,2-3,6,8H2,1H3,(H,14,16)(H,15,20). The fourth-order valence-corrected chi connectivity index (χ4v) is 1.71. The van der Waals surface area contributed by atoms with E-state index in [-0.39, 0.29) is 5.91 Å². The number of aromatic nitrogens is 4. The van der Waals surface area contributed by atoms with Gasteiger partial charge in [-0.3, -0.25) is 9.48 Å². The third-order valence-corrected chi connectivity index (χ3v) is 2.71. The highest BCUT2D eigenvalue weighted by molar-refractivity contribution is 5.93. The van der Waals surface area contributed by atoms with Crippen LogP contribution in [-0.4, -0.2) is 39.0 Å². The molecule has 7 heteroatoms. The number of aryl methyl sites for hydroxylation is 1. The van der Waals surface area contributed by atoms with E-state index in [1.54, 1.807) is 35.4 Å². The number of hydrogen-bond acceptors (Lipinski definition) is 5. The van der Waals surface area contributed by atoms with Gasteiger partial charge in [0.15, 0.2) is 0 Å². The quantitative estimate of drug-likeness (QED) is 0.734. The van der Waals surface area contributed by atoms with Crippen LogP contribution in [0.15, 0.2) is 30.7 Å². The van der Waals surface area contributed by atoms with Gasteiger partial charge in [-0.15, -0.1) is 5.10 Å². The van der Waals surface area contributed by atoms with Crippen molar-refractivity contribution >= 4 is 11.7 Å². The van der Waals surface area contributed by atoms with Crippen LogP contribution >= 0.6 is 0 Å². The minimum absolute atomic E-state index is 0.112. The topological polar surface area (TPSA) is 84.7 Å². The Hall–Kier alpha value is -2.44. The number of nitrogens with one attached hydrogen (secondary N) is 2. The SMILES string of the molecule is CCNc1ccc(C(=O)NCCCn2ccnn2)cn1. The molecule has 0 aliphatic heterocycles. The lowest BCUT2D eigenvalue weighted by molar-refractivity contribution is 0.0952. The van der Waals surface area contributed by atoms with E-state index in [0.717, 1.165) is 25.3 Å². The van der Waals surface area contributed by atoms with Crippen LogP contribution in [0.2, 0.25) is 0 Å². The normalized spacial score (nSPS) is 10.2. The molecule has 0 aromatic carbocycles. The van der Waals surface area contributed by atoms with Crippen molar-refractivity contribution in [2.24, 2.45) is 0 Å². The van der Waals surface area contributed by atoms with Crippen LogP contribution in [0.1, 0.15) is 23.7 Å². The second kappa shape index (κ2) is 7.22. The molecule has 0 saturated heterocycles. The molecule has 20 heavy (non-hydrogen) atoms. The third-order valence-electron chi connectivity index (χ3n) is 2.71. The number of pyridine rings is 1. The summed E-state index contributed by atoms with van der Waals surface area (Å²) in [4.78, 5) is 16.0. The zero-order chi connectivity index (χ0) is 14.2. The first kappa shape index (κ1) is 14.0. The van der Waals surface area contributed by atoms with Gasteiger partial charge >= 0.3 is 0 Å². The molecule has 1 amide bonds. The van der Waals surface area contributed by atoms with E-state index in [1.165, 1.54) is 0 Å². The van der Waals surface area contributed by atoms with Crippen LogP contribution in [0.4, 0.5) is 5.82 Å². The van der Waals surface area contributed by atoms with Crippen molar-refractivity contribution in [3.8, 4) is 0 Å². The van der Waals surface area contributed by atoms with Gasteiger partial charge in [0.1, 0.15) is 5.82 Å². The fourth-order valence-electron chi connectivity index (χ4n) is 1.71. The number of hydrogen-bond donors (Lipinski definition) is 2. The lowest BCUT2D eigenvalue weighted by Crippen LogP contribution is -2.25. The average Bonchev–Trinajstić information content (AvgIpc) is 2.98. The molecule has 2 aromatic rings. The van der Waals surface area contributed by atoms with Gasteiger partial charge in [0.05, 0.1) is 11.8 Å². The van der Waals surface area contributed by atoms with Crippen LogP contribution < -0.4 is 10.6 Å². The highest BCUT2D eigenvalue weighted by Crippen LogP contribution is 2.04. The highest BCUT2D eigenvalue weighted by atomic mass is 16.1. The van der Waals surface area contributed by atoms with Crippen LogP contribution in [0.25, 0.3) is 0 Å². The predicted molar refractivity (Wildman–Crippen MR) is 75.4 cm³/mol. The number of carbonyl (C=O) groups is 1. The van der Waals surface area contributed by atoms with Crippen molar-refractivity contribution in [2.45, 2.75) is 19.9 Å². The average molecular weight is 274 g/mol. The van der Waals surface area contributed by atoms with E-state index >= 15 is 0 Å². The Labute approximate surface area is 117 Å². The van der Waals surface area contributed by atoms with Gasteiger partial charge in [0.25, 0.3) is 5.91 Å². The molecule has 0 aliphatic rings. The van der Waals surface area contributed by atoms with Crippen molar-refractivity contribution < 1.29 is 4.79 Å². The monoisotopic (exact) mass is 274 g/mol. The fraction of sp³-hybridized carbons (Fsp3) is 0.385. The summed E-state index contributed by atoms with van der Waals surface area (Å²) in [5.41, 5.74) is 0.562. The van der Waals surface area contributed by atoms with Crippen LogP contribution in [0.3, 0.4) is 0 Å². The first-order valence-electron chi connectivity index (χ1n) is 6.62. The van der Waals surface area contributed by atoms with E-state index in [4.69, 9.17) is 0 Å². The van der Waals surface area contributed by atoms with E-state index < -0.39 is 0 Å². The molecule has 0 unspecified atom stereocenters. The summed E-state index contributed by atoms with van der Waals surface area (Å²) in [5.74, 6) is 0.661. The maximum atomic E-state index is 11.9. The zero-order valence-electron chi connectivity index (χ0n) is 11.4. The van der Waals surface area contributed by atoms with Crippen molar-refractivity contribution in [2.75, 3.05) is 18.4 Å². The van der Waals surface area contributed by atoms with E-state index in [9.17, 15) is 4.79 Å². The van der Waals surface area contributed by atoms with Crippen LogP contribution in [0, 0.1) is 0 Å². The summed E-state index contributed by atoms with van der Waals surface area (Å²) >= 11 is 0. The molecule has 0 aliphatic carbocycles. The molecular weight excluding hydrogens is 256 g/mol. The minimum Gasteiger partial charge on any atom is -0.370 e. The molecule has 2 rings (SSSR count). The second-order valence-electron chi connectivity index (χ2n) is 4.24. The summed E-state index contributed by atoms with van der Waals surface area (Å²) in [6, 6.07) is 3.56. The maximum absolute atomic E-state index is 11.9. The molecule has 2 aromatic heterocycles. The van der Waals surface area contributed by atoms with Gasteiger partial charge < -0.3 is 10.6 Å². The van der Waals surface area contributed by atoms with Gasteiger partial charge in [-0.05, 0) is 25.5 Å². The summed E-state index contributed by atoms with van der Waals surface area (Å²) in [5, 5.41) is 13.5. The molecule has 106 valence electrons. The van der Waals surface area contributed by atoms with Crippen molar-refractivity contribution in [3.63, 3.8) is 0 Å². The molecule has 0 saturated carbocycles. The van der Waals surface area contributed by atoms with Gasteiger partial charge in [0, 0.05) is 32.0 Å². The predicted octanol–water partition coefficient (Wildman–Crippen LogP) is 0.925. The summed E-state index contributed by atoms with van der Waals surface area (Å²) < 4.78 is 1.74. The first-order chi connectivity index (χ1) is 9.79. The largest absolute Gasteiger partial charge is 0.370 e. The van der Waals surface area contributed by atoms with Crippen molar-refractivity contribution in [1.82, 2.24) is 25.3 Å². The molecule has 0 atom stereocenters. The number of anilines is 1. The molecule has 7 nitrogen and oxygen atoms in total. The molecule has 0 spiro atoms. The molecule has 0 radical (unpaired) electrons. The van der Waals surface area contributed by atoms with Gasteiger partial charge in [-0.25, -0.2) is 4.98 Å². The molecule has 2 N–H and O–H groups in total. The zero-order valence-corrected chi connectivity index (χ0v) is 11.4. The number of rotatable bonds is 7. The molecular formula is C13H18N6O. The summed E-state index contributed by atoms with van der Waals surface area (Å²) in [7, 11) is 0. The van der Waals surface area contributed by atoms with Crippen LogP contribution in [0.5, 0.6) is 0 Å². The Morgan fingerprint density at radius 3 is 2.95 bits per heavy atom. The van der Waals surface area contributed by atoms with E-state index in [1.807, 2.05) is 6.92 Å².